The van der Waals surface area contributed by atoms with Crippen molar-refractivity contribution in [3.8, 4) is 0 Å². The topological polar surface area (TPSA) is 0 Å². The van der Waals surface area contributed by atoms with E-state index >= 15 is 0 Å². The second-order valence-electron chi connectivity index (χ2n) is 8.65. The van der Waals surface area contributed by atoms with E-state index < -0.39 is 18.6 Å². The molecule has 0 aliphatic heterocycles. The molecule has 0 aliphatic carbocycles. The average Bonchev–Trinajstić information content (AvgIpc) is 3.71. The largest absolute Gasteiger partial charge is 0.214 e. The van der Waals surface area contributed by atoms with Crippen molar-refractivity contribution in [3.05, 3.63) is 143 Å². The normalized spacial score (nSPS) is 10.4. The molecular formula is C33H30Cl2HfS-2. The summed E-state index contributed by atoms with van der Waals surface area (Å²) in [7, 11) is 12.7. The van der Waals surface area contributed by atoms with E-state index in [0.717, 1.165) is 6.42 Å². The first-order valence-electron chi connectivity index (χ1n) is 12.6. The molecule has 0 unspecified atom stereocenters. The van der Waals surface area contributed by atoms with Gasteiger partial charge in [-0.1, -0.05) is 36.4 Å². The minimum absolute atomic E-state index is 1.16. The van der Waals surface area contributed by atoms with E-state index in [-0.39, 0.29) is 0 Å². The fraction of sp³-hybridized carbons (Fsp3) is 0.121. The molecule has 6 rings (SSSR count). The van der Waals surface area contributed by atoms with Gasteiger partial charge in [0.25, 0.3) is 0 Å². The van der Waals surface area contributed by atoms with E-state index in [1.807, 2.05) is 59.9 Å². The van der Waals surface area contributed by atoms with Crippen LogP contribution in [0.5, 0.6) is 0 Å². The Morgan fingerprint density at radius 1 is 0.730 bits per heavy atom. The van der Waals surface area contributed by atoms with Gasteiger partial charge in [-0.05, 0) is 0 Å². The maximum atomic E-state index is 6.37. The molecule has 0 atom stereocenters. The van der Waals surface area contributed by atoms with Crippen LogP contribution in [0.2, 0.25) is 0 Å². The summed E-state index contributed by atoms with van der Waals surface area (Å²) in [5.41, 5.74) is 1.19. The van der Waals surface area contributed by atoms with Crippen LogP contribution in [0.4, 0.5) is 0 Å². The molecule has 1 aromatic heterocycles. The van der Waals surface area contributed by atoms with Crippen molar-refractivity contribution in [1.29, 1.82) is 0 Å². The molecule has 0 spiro atoms. The predicted octanol–water partition coefficient (Wildman–Crippen LogP) is 10.7. The third-order valence-electron chi connectivity index (χ3n) is 6.01. The summed E-state index contributed by atoms with van der Waals surface area (Å²) in [4.78, 5) is 2.70. The Hall–Kier alpha value is -2.10. The summed E-state index contributed by atoms with van der Waals surface area (Å²) >= 11 is -0.766. The maximum absolute atomic E-state index is 6.37. The van der Waals surface area contributed by atoms with Crippen molar-refractivity contribution in [3.63, 3.8) is 0 Å². The van der Waals surface area contributed by atoms with E-state index in [9.17, 15) is 0 Å². The molecule has 1 heterocycles. The van der Waals surface area contributed by atoms with Gasteiger partial charge in [0.05, 0.1) is 0 Å². The molecule has 0 radical (unpaired) electrons. The zero-order chi connectivity index (χ0) is 25.9. The number of fused-ring (bicyclic) bond motifs is 3. The second kappa shape index (κ2) is 14.7. The monoisotopic (exact) mass is 708 g/mol. The molecule has 5 aromatic carbocycles. The number of unbranched alkanes of at least 4 members (excludes halogenated alkanes) is 1. The smallest absolute Gasteiger partial charge is 0.0771 e. The Kier molecular flexibility index (Phi) is 11.1. The van der Waals surface area contributed by atoms with Crippen molar-refractivity contribution in [2.24, 2.45) is 0 Å². The second-order valence-corrected chi connectivity index (χ2v) is 21.3. The molecule has 6 aromatic rings. The number of benzene rings is 3. The van der Waals surface area contributed by atoms with Gasteiger partial charge in [-0.25, -0.2) is 12.1 Å². The van der Waals surface area contributed by atoms with Crippen LogP contribution < -0.4 is 0 Å². The molecule has 0 bridgehead atoms. The maximum Gasteiger partial charge on any atom is -0.0771 e. The Balaban J connectivity index is 0.000000151. The Labute approximate surface area is 239 Å². The third-order valence-corrected chi connectivity index (χ3v) is 14.3. The molecule has 0 fully saturated rings. The fourth-order valence-corrected chi connectivity index (χ4v) is 13.3. The molecule has 0 saturated heterocycles. The van der Waals surface area contributed by atoms with E-state index in [0.29, 0.717) is 0 Å². The van der Waals surface area contributed by atoms with E-state index in [1.165, 1.54) is 53.0 Å². The first-order valence-corrected chi connectivity index (χ1v) is 24.1. The van der Waals surface area contributed by atoms with Crippen molar-refractivity contribution >= 4 is 53.3 Å². The number of halogens is 2. The molecular weight excluding hydrogens is 678 g/mol. The first kappa shape index (κ1) is 27.9. The molecule has 4 heteroatoms. The van der Waals surface area contributed by atoms with Gasteiger partial charge in [-0.15, -0.1) is 39.7 Å². The summed E-state index contributed by atoms with van der Waals surface area (Å²) in [5, 5.41) is 5.39. The molecule has 0 amide bonds. The van der Waals surface area contributed by atoms with Crippen LogP contribution in [-0.2, 0) is 25.0 Å². The van der Waals surface area contributed by atoms with E-state index in [2.05, 4.69) is 85.8 Å². The minimum Gasteiger partial charge on any atom is -0.214 e. The Morgan fingerprint density at radius 2 is 1.32 bits per heavy atom. The Bertz CT molecular complexity index is 1450. The zero-order valence-corrected chi connectivity index (χ0v) is 26.8. The summed E-state index contributed by atoms with van der Waals surface area (Å²) in [6.07, 6.45) is 3.64. The van der Waals surface area contributed by atoms with E-state index in [1.54, 1.807) is 0 Å². The zero-order valence-electron chi connectivity index (χ0n) is 20.9. The van der Waals surface area contributed by atoms with Crippen molar-refractivity contribution in [1.82, 2.24) is 0 Å². The van der Waals surface area contributed by atoms with Gasteiger partial charge in [0.1, 0.15) is 0 Å². The molecule has 188 valence electrons. The van der Waals surface area contributed by atoms with Gasteiger partial charge in [-0.3, -0.25) is 0 Å². The van der Waals surface area contributed by atoms with Crippen LogP contribution in [0.15, 0.2) is 127 Å². The van der Waals surface area contributed by atoms with Crippen LogP contribution >= 0.6 is 28.5 Å². The molecule has 37 heavy (non-hydrogen) atoms. The SMILES string of the molecule is CCCCc1ccc([C](c2ccccc2)=[Hf]([Cl])[Cl])s1.c1cc[cH-]c1.c1ccc2c(c1)[cH-]c1ccccc12. The van der Waals surface area contributed by atoms with Gasteiger partial charge in [0.15, 0.2) is 0 Å². The van der Waals surface area contributed by atoms with Crippen LogP contribution in [0.1, 0.15) is 35.1 Å². The summed E-state index contributed by atoms with van der Waals surface area (Å²) in [6.45, 7) is 2.22. The van der Waals surface area contributed by atoms with E-state index in [4.69, 9.17) is 17.2 Å². The summed E-state index contributed by atoms with van der Waals surface area (Å²) in [5.74, 6) is 0. The molecule has 0 nitrogen and oxygen atoms in total. The first-order chi connectivity index (χ1) is 18.2. The van der Waals surface area contributed by atoms with Gasteiger partial charge in [0, 0.05) is 0 Å². The number of hydrogen-bond donors (Lipinski definition) is 0. The number of hydrogen-bond acceptors (Lipinski definition) is 1. The van der Waals surface area contributed by atoms with Crippen LogP contribution in [0, 0.1) is 0 Å². The van der Waals surface area contributed by atoms with Gasteiger partial charge in [-0.2, -0.15) is 18.2 Å². The van der Waals surface area contributed by atoms with Crippen LogP contribution in [0.3, 0.4) is 0 Å². The van der Waals surface area contributed by atoms with Gasteiger partial charge in [0.2, 0.25) is 0 Å². The van der Waals surface area contributed by atoms with Crippen molar-refractivity contribution in [2.45, 2.75) is 26.2 Å². The number of aryl methyl sites for hydroxylation is 1. The summed E-state index contributed by atoms with van der Waals surface area (Å²) < 4.78 is 1.22. The van der Waals surface area contributed by atoms with Crippen LogP contribution in [-0.4, -0.2) is 3.26 Å². The van der Waals surface area contributed by atoms with Gasteiger partial charge < -0.3 is 0 Å². The number of rotatable bonds is 5. The number of thiophene rings is 1. The Morgan fingerprint density at radius 3 is 1.86 bits per heavy atom. The standard InChI is InChI=1S/C15H16S.C13H9.C5H5.2ClH.Hf/c1-2-3-9-14-10-11-15(16-14)12-13-7-5-4-6-8-13;1-3-7-12-10(5-1)9-11-6-2-4-8-13(11)12;1-2-4-5-3-1;;;/h4-8,10-11H,2-3,9H2,1H3;1-9H;1-5H;2*1H;/q;2*-1;;;+2/p-2. The molecule has 0 aliphatic rings. The van der Waals surface area contributed by atoms with Crippen molar-refractivity contribution in [2.75, 3.05) is 0 Å². The van der Waals surface area contributed by atoms with Crippen LogP contribution in [0.25, 0.3) is 21.5 Å². The summed E-state index contributed by atoms with van der Waals surface area (Å²) in [6, 6.07) is 44.0. The van der Waals surface area contributed by atoms with Gasteiger partial charge >= 0.3 is 134 Å². The third kappa shape index (κ3) is 7.94. The quantitative estimate of drug-likeness (QED) is 0.124. The fourth-order valence-electron chi connectivity index (χ4n) is 4.17. The van der Waals surface area contributed by atoms with Crippen molar-refractivity contribution < 1.29 is 18.6 Å². The average molecular weight is 708 g/mol. The molecule has 0 saturated carbocycles. The minimum atomic E-state index is -2.62. The predicted molar refractivity (Wildman–Crippen MR) is 163 cm³/mol. The molecule has 0 N–H and O–H groups in total.